The predicted molar refractivity (Wildman–Crippen MR) is 348 cm³/mol. The number of carbonyl (C=O) groups excluding carboxylic acids is 3. The second-order valence-electron chi connectivity index (χ2n) is 22.4. The van der Waals surface area contributed by atoms with Gasteiger partial charge in [-0.1, -0.05) is 15.6 Å². The van der Waals surface area contributed by atoms with Crippen LogP contribution in [0, 0.1) is 18.8 Å². The number of alkyl halides is 1. The second kappa shape index (κ2) is 33.2. The van der Waals surface area contributed by atoms with Gasteiger partial charge in [0.05, 0.1) is 83.0 Å². The Labute approximate surface area is 546 Å². The number of hydrogen-bond acceptors (Lipinski definition) is 26. The largest absolute Gasteiger partial charge is 0.494 e. The number of aryl methyl sites for hydroxylation is 1. The normalized spacial score (nSPS) is 17.9. The van der Waals surface area contributed by atoms with Crippen molar-refractivity contribution >= 4 is 74.8 Å². The third-order valence-corrected chi connectivity index (χ3v) is 15.5. The number of Topliss-reactive ketones (excluding diaryl/α,β-unsaturated/α-hetero) is 2. The number of carboxylic acid groups (broad SMARTS) is 1. The lowest BCUT2D eigenvalue weighted by Crippen LogP contribution is -2.33. The summed E-state index contributed by atoms with van der Waals surface area (Å²) in [5, 5.41) is 55.0. The Kier molecular flexibility index (Phi) is 23.4. The maximum absolute atomic E-state index is 12.2. The van der Waals surface area contributed by atoms with Crippen LogP contribution in [0.25, 0.3) is 50.6 Å². The number of aliphatic carboxylic acids is 1. The van der Waals surface area contributed by atoms with Gasteiger partial charge in [0.25, 0.3) is 0 Å². The molecule has 3 aromatic carbocycles. The topological polar surface area (TPSA) is 399 Å². The Morgan fingerprint density at radius 1 is 0.579 bits per heavy atom. The zero-order valence-electron chi connectivity index (χ0n) is 54.5. The van der Waals surface area contributed by atoms with Crippen LogP contribution in [0.2, 0.25) is 0 Å². The van der Waals surface area contributed by atoms with E-state index in [-0.39, 0.29) is 66.4 Å². The van der Waals surface area contributed by atoms with Gasteiger partial charge >= 0.3 is 5.97 Å². The first-order valence-corrected chi connectivity index (χ1v) is 31.1. The highest BCUT2D eigenvalue weighted by atomic mass is 19.1. The van der Waals surface area contributed by atoms with E-state index >= 15 is 0 Å². The number of fused-ring (bicyclic) bond motifs is 3. The molecule has 7 aromatic heterocycles. The van der Waals surface area contributed by atoms with Crippen LogP contribution in [0.1, 0.15) is 111 Å². The Bertz CT molecular complexity index is 4180. The number of rotatable bonds is 21. The highest BCUT2D eigenvalue weighted by molar-refractivity contribution is 5.86. The molecule has 31 nitrogen and oxygen atoms in total. The average Bonchev–Trinajstić information content (AvgIpc) is 1.71. The monoisotopic (exact) mass is 1310 g/mol. The standard InChI is InChI=1S/C21H25N7O3.C20H22N8O2.C18H20N6O3.C3H7NO.CH3F/c1-3-31-17-8-6-16(7-9-17)28-19-18(26-27-28)12-23-21(25-19)24-15-5-4-14(10-15)20(30)22-11-13(2)29;1-3-29-16-8-6-15(7-9-16)28-18-17(25-27-28)11-21-20(23-18)22-14-5-4-13(10-14)19-26-24-12(2)30-19;1-2-27-14-7-5-13(6-8-14)24-16-15(22-23-24)10-19-18(21-16)20-12-4-3-11(9-12)17(25)26;1-3(5)2-4;1-2/h6-9,12,14-15H,3-5,10-11H2,1-2H3,(H,22,30)(H,23,24,25);6-9,11,13-14H,3-5,10H2,1-2H3,(H,21,22,23);5-8,10-12H,2-4,9H2,1H3,(H,25,26)(H,19,20,21);2,4H2,1H3;1H3/t14-,15-;13-,14-;11-,12-;;/m111../s1/i;;;;1D. The average molecular weight is 1310 g/mol. The van der Waals surface area contributed by atoms with Crippen molar-refractivity contribution in [2.45, 2.75) is 123 Å². The molecule has 3 aliphatic carbocycles. The number of hydrogen-bond donors (Lipinski definition) is 6. The van der Waals surface area contributed by atoms with Gasteiger partial charge in [-0.15, -0.1) is 25.5 Å². The van der Waals surface area contributed by atoms with Crippen LogP contribution >= 0.6 is 0 Å². The van der Waals surface area contributed by atoms with Gasteiger partial charge in [0, 0.05) is 36.9 Å². The molecule has 0 unspecified atom stereocenters. The fourth-order valence-corrected chi connectivity index (χ4v) is 10.9. The fraction of sp³-hybridized carbons (Fsp3) is 0.429. The van der Waals surface area contributed by atoms with Crippen molar-refractivity contribution in [3.63, 3.8) is 0 Å². The summed E-state index contributed by atoms with van der Waals surface area (Å²) in [5.41, 5.74) is 11.0. The second-order valence-corrected chi connectivity index (χ2v) is 22.4. The van der Waals surface area contributed by atoms with Crippen molar-refractivity contribution in [1.29, 1.82) is 0 Å². The summed E-state index contributed by atoms with van der Waals surface area (Å²) in [6, 6.07) is 23.1. The van der Waals surface area contributed by atoms with E-state index in [0.717, 1.165) is 72.8 Å². The van der Waals surface area contributed by atoms with E-state index in [9.17, 15) is 23.6 Å². The molecule has 500 valence electrons. The molecule has 0 spiro atoms. The molecule has 7 N–H and O–H groups in total. The zero-order valence-corrected chi connectivity index (χ0v) is 53.5. The van der Waals surface area contributed by atoms with Crippen molar-refractivity contribution in [1.82, 2.24) is 90.4 Å². The molecule has 1 amide bonds. The van der Waals surface area contributed by atoms with Crippen LogP contribution in [-0.2, 0) is 19.2 Å². The zero-order chi connectivity index (χ0) is 68.1. The lowest BCUT2D eigenvalue weighted by Gasteiger charge is -2.13. The van der Waals surface area contributed by atoms with E-state index in [1.54, 1.807) is 32.6 Å². The van der Waals surface area contributed by atoms with E-state index in [2.05, 4.69) is 92.3 Å². The molecule has 7 heterocycles. The Morgan fingerprint density at radius 3 is 1.31 bits per heavy atom. The molecular weight excluding hydrogens is 1230 g/mol. The van der Waals surface area contributed by atoms with Crippen LogP contribution in [0.15, 0.2) is 95.8 Å². The quantitative estimate of drug-likeness (QED) is 0.0409. The molecule has 0 bridgehead atoms. The molecule has 0 aliphatic heterocycles. The van der Waals surface area contributed by atoms with E-state index < -0.39 is 13.1 Å². The number of carbonyl (C=O) groups is 4. The van der Waals surface area contributed by atoms with Crippen molar-refractivity contribution in [3.8, 4) is 34.3 Å². The summed E-state index contributed by atoms with van der Waals surface area (Å²) in [6.07, 6.45) is 12.1. The molecule has 0 radical (unpaired) electrons. The molecule has 3 saturated carbocycles. The molecular formula is C63H77FN22O9. The summed E-state index contributed by atoms with van der Waals surface area (Å²) in [5.74, 6) is 4.20. The maximum atomic E-state index is 12.2. The molecule has 6 atom stereocenters. The smallest absolute Gasteiger partial charge is 0.306 e. The number of ketones is 2. The number of halogens is 1. The number of amides is 1. The van der Waals surface area contributed by atoms with Crippen LogP contribution < -0.4 is 41.2 Å². The third kappa shape index (κ3) is 18.3. The summed E-state index contributed by atoms with van der Waals surface area (Å²) < 4.78 is 42.6. The SMILES string of the molecule is CC(=O)CN.CCOc1ccc(-n2nnc3cnc(N[C@@H]4CC[C@@H](C(=O)NCC(C)=O)C4)nc32)cc1.CCOc1ccc(-n2nnc3cnc(N[C@@H]4CC[C@@H](C(=O)O)C4)nc32)cc1.CCOc1ccc(-n2nnc3cnc(N[C@@H]4CC[C@@H](c5nnc(C)o5)C4)nc32)cc1.[2H]CF. The summed E-state index contributed by atoms with van der Waals surface area (Å²) in [7, 11) is -1.00. The van der Waals surface area contributed by atoms with Crippen LogP contribution in [0.3, 0.4) is 0 Å². The van der Waals surface area contributed by atoms with Gasteiger partial charge in [-0.05, 0) is 165 Å². The van der Waals surface area contributed by atoms with Crippen LogP contribution in [0.5, 0.6) is 17.2 Å². The predicted octanol–water partition coefficient (Wildman–Crippen LogP) is 7.34. The Morgan fingerprint density at radius 2 is 0.958 bits per heavy atom. The van der Waals surface area contributed by atoms with E-state index in [1.165, 1.54) is 13.8 Å². The first-order valence-electron chi connectivity index (χ1n) is 31.8. The highest BCUT2D eigenvalue weighted by Crippen LogP contribution is 2.35. The lowest BCUT2D eigenvalue weighted by atomic mass is 10.1. The third-order valence-electron chi connectivity index (χ3n) is 15.5. The maximum Gasteiger partial charge on any atom is 0.306 e. The van der Waals surface area contributed by atoms with Gasteiger partial charge in [0.2, 0.25) is 35.5 Å². The number of aromatic nitrogens is 17. The number of carboxylic acids is 1. The van der Waals surface area contributed by atoms with Crippen LogP contribution in [0.4, 0.5) is 22.2 Å². The minimum Gasteiger partial charge on any atom is -0.494 e. The summed E-state index contributed by atoms with van der Waals surface area (Å²) in [4.78, 5) is 70.9. The highest BCUT2D eigenvalue weighted by Gasteiger charge is 2.33. The number of nitrogens with zero attached hydrogens (tertiary/aromatic N) is 17. The number of anilines is 3. The van der Waals surface area contributed by atoms with E-state index in [0.29, 0.717) is 102 Å². The minimum absolute atomic E-state index is 0.0324. The molecule has 10 aromatic rings. The summed E-state index contributed by atoms with van der Waals surface area (Å²) >= 11 is 0. The van der Waals surface area contributed by atoms with E-state index in [4.69, 9.17) is 30.8 Å². The Balaban J connectivity index is 0.000000160. The molecule has 13 rings (SSSR count). The molecule has 95 heavy (non-hydrogen) atoms. The van der Waals surface area contributed by atoms with Crippen molar-refractivity contribution in [2.75, 3.05) is 56.0 Å². The van der Waals surface area contributed by atoms with Crippen molar-refractivity contribution in [2.24, 2.45) is 17.6 Å². The summed E-state index contributed by atoms with van der Waals surface area (Å²) in [6.45, 7) is 12.7. The van der Waals surface area contributed by atoms with Crippen molar-refractivity contribution in [3.05, 3.63) is 103 Å². The molecule has 32 heteroatoms. The number of nitrogens with one attached hydrogen (secondary N) is 4. The van der Waals surface area contributed by atoms with Crippen LogP contribution in [-0.4, -0.2) is 172 Å². The van der Waals surface area contributed by atoms with Gasteiger partial charge in [0.1, 0.15) is 28.8 Å². The molecule has 3 aliphatic rings. The van der Waals surface area contributed by atoms with Gasteiger partial charge in [-0.25, -0.2) is 15.0 Å². The van der Waals surface area contributed by atoms with Gasteiger partial charge in [-0.3, -0.25) is 23.6 Å². The molecule has 3 fully saturated rings. The first kappa shape index (κ1) is 67.1. The number of ether oxygens (including phenoxy) is 3. The van der Waals surface area contributed by atoms with Crippen molar-refractivity contribution < 1.29 is 48.7 Å². The first-order chi connectivity index (χ1) is 46.5. The van der Waals surface area contributed by atoms with Gasteiger partial charge in [0.15, 0.2) is 33.5 Å². The number of nitrogens with two attached hydrogens (primary N) is 1. The Hall–Kier alpha value is -10.8. The molecule has 0 saturated heterocycles. The van der Waals surface area contributed by atoms with E-state index in [1.807, 2.05) is 100 Å². The van der Waals surface area contributed by atoms with Gasteiger partial charge < -0.3 is 50.7 Å². The number of benzene rings is 3. The van der Waals surface area contributed by atoms with Gasteiger partial charge in [-0.2, -0.15) is 29.0 Å². The minimum atomic E-state index is -1.00. The lowest BCUT2D eigenvalue weighted by molar-refractivity contribution is -0.141. The fourth-order valence-electron chi connectivity index (χ4n) is 10.9.